The highest BCUT2D eigenvalue weighted by Gasteiger charge is 2.21. The summed E-state index contributed by atoms with van der Waals surface area (Å²) < 4.78 is 5.23. The minimum absolute atomic E-state index is 0.359. The number of nitrogens with one attached hydrogen (secondary N) is 1. The molecule has 1 aliphatic rings. The van der Waals surface area contributed by atoms with Gasteiger partial charge in [0.05, 0.1) is 12.5 Å². The largest absolute Gasteiger partial charge is 0.381 e. The number of hydrogen-bond donors (Lipinski definition) is 1. The van der Waals surface area contributed by atoms with Gasteiger partial charge in [0.1, 0.15) is 5.82 Å². The van der Waals surface area contributed by atoms with Gasteiger partial charge in [-0.05, 0) is 6.42 Å². The SMILES string of the molecule is ClCc1nc(C2CCOC2)n[nH]1. The molecule has 0 spiro atoms. The van der Waals surface area contributed by atoms with E-state index in [-0.39, 0.29) is 0 Å². The van der Waals surface area contributed by atoms with Crippen LogP contribution in [0.1, 0.15) is 24.0 Å². The van der Waals surface area contributed by atoms with E-state index >= 15 is 0 Å². The van der Waals surface area contributed by atoms with Crippen LogP contribution in [0, 0.1) is 0 Å². The number of alkyl halides is 1. The topological polar surface area (TPSA) is 50.8 Å². The van der Waals surface area contributed by atoms with Crippen LogP contribution in [0.5, 0.6) is 0 Å². The van der Waals surface area contributed by atoms with Gasteiger partial charge < -0.3 is 4.74 Å². The molecule has 0 aliphatic carbocycles. The number of aromatic nitrogens is 3. The lowest BCUT2D eigenvalue weighted by Crippen LogP contribution is -1.99. The number of ether oxygens (including phenoxy) is 1. The van der Waals surface area contributed by atoms with Gasteiger partial charge >= 0.3 is 0 Å². The maximum atomic E-state index is 5.58. The van der Waals surface area contributed by atoms with Crippen molar-refractivity contribution >= 4 is 11.6 Å². The second kappa shape index (κ2) is 3.41. The van der Waals surface area contributed by atoms with Crippen LogP contribution >= 0.6 is 11.6 Å². The van der Waals surface area contributed by atoms with Crippen LogP contribution in [0.4, 0.5) is 0 Å². The minimum atomic E-state index is 0.359. The highest BCUT2D eigenvalue weighted by Crippen LogP contribution is 2.21. The quantitative estimate of drug-likeness (QED) is 0.705. The molecule has 66 valence electrons. The van der Waals surface area contributed by atoms with Gasteiger partial charge in [-0.1, -0.05) is 0 Å². The number of aromatic amines is 1. The molecule has 12 heavy (non-hydrogen) atoms. The maximum Gasteiger partial charge on any atom is 0.156 e. The Morgan fingerprint density at radius 1 is 1.67 bits per heavy atom. The van der Waals surface area contributed by atoms with Crippen LogP contribution in [0.3, 0.4) is 0 Å². The third-order valence-electron chi connectivity index (χ3n) is 1.97. The molecule has 1 N–H and O–H groups in total. The third kappa shape index (κ3) is 1.44. The molecule has 1 aromatic heterocycles. The summed E-state index contributed by atoms with van der Waals surface area (Å²) >= 11 is 5.58. The molecule has 1 saturated heterocycles. The Hall–Kier alpha value is -0.610. The van der Waals surface area contributed by atoms with E-state index in [2.05, 4.69) is 15.2 Å². The second-order valence-electron chi connectivity index (χ2n) is 2.83. The molecule has 0 radical (unpaired) electrons. The van der Waals surface area contributed by atoms with E-state index in [0.717, 1.165) is 31.3 Å². The van der Waals surface area contributed by atoms with Crippen molar-refractivity contribution < 1.29 is 4.74 Å². The predicted octanol–water partition coefficient (Wildman–Crippen LogP) is 1.05. The van der Waals surface area contributed by atoms with Crippen LogP contribution in [0.25, 0.3) is 0 Å². The summed E-state index contributed by atoms with van der Waals surface area (Å²) in [5.41, 5.74) is 0. The van der Waals surface area contributed by atoms with Gasteiger partial charge in [-0.2, -0.15) is 5.10 Å². The number of hydrogen-bond acceptors (Lipinski definition) is 3. The molecule has 4 nitrogen and oxygen atoms in total. The fourth-order valence-corrected chi connectivity index (χ4v) is 1.41. The zero-order chi connectivity index (χ0) is 8.39. The van der Waals surface area contributed by atoms with Gasteiger partial charge in [0.15, 0.2) is 5.82 Å². The Bertz CT molecular complexity index is 257. The van der Waals surface area contributed by atoms with E-state index in [9.17, 15) is 0 Å². The number of nitrogens with zero attached hydrogens (tertiary/aromatic N) is 2. The molecule has 1 unspecified atom stereocenters. The Morgan fingerprint density at radius 2 is 2.58 bits per heavy atom. The molecular weight excluding hydrogens is 178 g/mol. The van der Waals surface area contributed by atoms with Crippen molar-refractivity contribution in [2.45, 2.75) is 18.2 Å². The summed E-state index contributed by atoms with van der Waals surface area (Å²) in [5.74, 6) is 2.32. The highest BCUT2D eigenvalue weighted by molar-refractivity contribution is 6.16. The lowest BCUT2D eigenvalue weighted by Gasteiger charge is -1.98. The van der Waals surface area contributed by atoms with Crippen molar-refractivity contribution in [3.63, 3.8) is 0 Å². The Balaban J connectivity index is 2.11. The average Bonchev–Trinajstić information content (AvgIpc) is 2.75. The van der Waals surface area contributed by atoms with Crippen molar-refractivity contribution in [3.8, 4) is 0 Å². The monoisotopic (exact) mass is 187 g/mol. The molecule has 5 heteroatoms. The van der Waals surface area contributed by atoms with Crippen LogP contribution in [-0.2, 0) is 10.6 Å². The molecular formula is C7H10ClN3O. The minimum Gasteiger partial charge on any atom is -0.381 e. The van der Waals surface area contributed by atoms with Crippen molar-refractivity contribution in [1.29, 1.82) is 0 Å². The Kier molecular flexibility index (Phi) is 2.28. The van der Waals surface area contributed by atoms with Gasteiger partial charge in [-0.25, -0.2) is 4.98 Å². The smallest absolute Gasteiger partial charge is 0.156 e. The first-order chi connectivity index (χ1) is 5.90. The van der Waals surface area contributed by atoms with Gasteiger partial charge in [0, 0.05) is 12.5 Å². The van der Waals surface area contributed by atoms with Crippen molar-refractivity contribution in [2.24, 2.45) is 0 Å². The first-order valence-corrected chi connectivity index (χ1v) is 4.48. The average molecular weight is 188 g/mol. The predicted molar refractivity (Wildman–Crippen MR) is 44.1 cm³/mol. The van der Waals surface area contributed by atoms with E-state index < -0.39 is 0 Å². The first kappa shape index (κ1) is 8.01. The lowest BCUT2D eigenvalue weighted by molar-refractivity contribution is 0.193. The molecule has 2 rings (SSSR count). The maximum absolute atomic E-state index is 5.58. The summed E-state index contributed by atoms with van der Waals surface area (Å²) in [4.78, 5) is 4.23. The van der Waals surface area contributed by atoms with Gasteiger partial charge in [0.25, 0.3) is 0 Å². The molecule has 1 fully saturated rings. The normalized spacial score (nSPS) is 23.2. The third-order valence-corrected chi connectivity index (χ3v) is 2.22. The lowest BCUT2D eigenvalue weighted by atomic mass is 10.1. The molecule has 1 aliphatic heterocycles. The first-order valence-electron chi connectivity index (χ1n) is 3.95. The molecule has 1 atom stereocenters. The van der Waals surface area contributed by atoms with Crippen LogP contribution in [0.15, 0.2) is 0 Å². The standard InChI is InChI=1S/C7H10ClN3O/c8-3-6-9-7(11-10-6)5-1-2-12-4-5/h5H,1-4H2,(H,9,10,11). The highest BCUT2D eigenvalue weighted by atomic mass is 35.5. The van der Waals surface area contributed by atoms with Gasteiger partial charge in [0.2, 0.25) is 0 Å². The van der Waals surface area contributed by atoms with Crippen LogP contribution < -0.4 is 0 Å². The van der Waals surface area contributed by atoms with Crippen LogP contribution in [0.2, 0.25) is 0 Å². The zero-order valence-corrected chi connectivity index (χ0v) is 7.34. The van der Waals surface area contributed by atoms with Gasteiger partial charge in [-0.3, -0.25) is 5.10 Å². The fourth-order valence-electron chi connectivity index (χ4n) is 1.29. The second-order valence-corrected chi connectivity index (χ2v) is 3.10. The summed E-state index contributed by atoms with van der Waals surface area (Å²) in [7, 11) is 0. The molecule has 0 saturated carbocycles. The van der Waals surface area contributed by atoms with E-state index in [0.29, 0.717) is 11.8 Å². The fraction of sp³-hybridized carbons (Fsp3) is 0.714. The molecule has 2 heterocycles. The molecule has 0 aromatic carbocycles. The van der Waals surface area contributed by atoms with Crippen LogP contribution in [-0.4, -0.2) is 28.4 Å². The van der Waals surface area contributed by atoms with E-state index in [1.807, 2.05) is 0 Å². The number of halogens is 1. The molecule has 0 bridgehead atoms. The van der Waals surface area contributed by atoms with Gasteiger partial charge in [-0.15, -0.1) is 11.6 Å². The van der Waals surface area contributed by atoms with Crippen molar-refractivity contribution in [2.75, 3.05) is 13.2 Å². The van der Waals surface area contributed by atoms with Crippen molar-refractivity contribution in [1.82, 2.24) is 15.2 Å². The molecule has 0 amide bonds. The Labute approximate surface area is 75.3 Å². The van der Waals surface area contributed by atoms with E-state index in [1.165, 1.54) is 0 Å². The summed E-state index contributed by atoms with van der Waals surface area (Å²) in [6, 6.07) is 0. The zero-order valence-electron chi connectivity index (χ0n) is 6.59. The summed E-state index contributed by atoms with van der Waals surface area (Å²) in [6.45, 7) is 1.55. The summed E-state index contributed by atoms with van der Waals surface area (Å²) in [5, 5.41) is 6.85. The summed E-state index contributed by atoms with van der Waals surface area (Å²) in [6.07, 6.45) is 1.01. The van der Waals surface area contributed by atoms with E-state index in [1.54, 1.807) is 0 Å². The van der Waals surface area contributed by atoms with Crippen molar-refractivity contribution in [3.05, 3.63) is 11.6 Å². The number of rotatable bonds is 2. The van der Waals surface area contributed by atoms with E-state index in [4.69, 9.17) is 16.3 Å². The molecule has 1 aromatic rings. The number of H-pyrrole nitrogens is 1. The Morgan fingerprint density at radius 3 is 3.17 bits per heavy atom.